The number of alkyl halides is 1. The molecule has 0 aliphatic carbocycles. The van der Waals surface area contributed by atoms with Crippen LogP contribution in [0.5, 0.6) is 5.75 Å². The van der Waals surface area contributed by atoms with Gasteiger partial charge in [0, 0.05) is 23.6 Å². The molecule has 4 heterocycles. The molecule has 1 saturated heterocycles. The summed E-state index contributed by atoms with van der Waals surface area (Å²) >= 11 is 0. The van der Waals surface area contributed by atoms with E-state index in [1.54, 1.807) is 30.6 Å². The zero-order valence-corrected chi connectivity index (χ0v) is 15.4. The zero-order chi connectivity index (χ0) is 20.0. The second kappa shape index (κ2) is 6.85. The molecule has 3 aromatic rings. The van der Waals surface area contributed by atoms with Crippen molar-refractivity contribution in [2.24, 2.45) is 5.92 Å². The van der Waals surface area contributed by atoms with Gasteiger partial charge in [-0.2, -0.15) is 0 Å². The zero-order valence-electron chi connectivity index (χ0n) is 15.4. The number of hydrogen-bond donors (Lipinski definition) is 2. The SMILES string of the molecule is C=C(c1ncc(-c2ccc(-n3ccnn3)cc2O)nn1)[C@H]1C[C@@H]2C=C[C@@H](N2)[C@@H]1F. The highest BCUT2D eigenvalue weighted by atomic mass is 19.1. The lowest BCUT2D eigenvalue weighted by molar-refractivity contribution is 0.178. The third kappa shape index (κ3) is 3.09. The molecule has 2 aliphatic rings. The highest BCUT2D eigenvalue weighted by molar-refractivity contribution is 5.68. The minimum absolute atomic E-state index is 0.0190. The average molecular weight is 391 g/mol. The van der Waals surface area contributed by atoms with E-state index >= 15 is 0 Å². The first kappa shape index (κ1) is 17.6. The molecule has 0 spiro atoms. The standard InChI is InChI=1S/C20H18FN7O/c1-11(15-8-12-2-5-16(24-12)19(15)21)20-22-10-17(25-26-20)14-4-3-13(9-18(14)29)28-7-6-23-27-28/h2-7,9-10,12,15-16,19,24,29H,1,8H2/t12-,15+,16+,19+/m0/s1. The van der Waals surface area contributed by atoms with Crippen LogP contribution in [0, 0.1) is 5.92 Å². The Bertz CT molecular complexity index is 1080. The largest absolute Gasteiger partial charge is 0.507 e. The predicted molar refractivity (Wildman–Crippen MR) is 104 cm³/mol. The molecule has 0 amide bonds. The number of piperidine rings is 1. The van der Waals surface area contributed by atoms with E-state index in [0.717, 1.165) is 0 Å². The monoisotopic (exact) mass is 391 g/mol. The van der Waals surface area contributed by atoms with Crippen molar-refractivity contribution in [3.8, 4) is 22.7 Å². The number of rotatable bonds is 4. The van der Waals surface area contributed by atoms with Gasteiger partial charge in [0.25, 0.3) is 0 Å². The molecule has 146 valence electrons. The number of aromatic nitrogens is 6. The summed E-state index contributed by atoms with van der Waals surface area (Å²) in [5, 5.41) is 29.6. The van der Waals surface area contributed by atoms with Gasteiger partial charge in [-0.15, -0.1) is 15.3 Å². The lowest BCUT2D eigenvalue weighted by Crippen LogP contribution is -2.47. The van der Waals surface area contributed by atoms with Crippen molar-refractivity contribution in [1.29, 1.82) is 0 Å². The fourth-order valence-corrected chi connectivity index (χ4v) is 3.88. The molecule has 0 unspecified atom stereocenters. The van der Waals surface area contributed by atoms with Crippen molar-refractivity contribution in [3.63, 3.8) is 0 Å². The van der Waals surface area contributed by atoms with E-state index in [9.17, 15) is 9.50 Å². The Balaban J connectivity index is 1.37. The first-order valence-corrected chi connectivity index (χ1v) is 9.27. The lowest BCUT2D eigenvalue weighted by atomic mass is 9.84. The number of nitrogens with zero attached hydrogens (tertiary/aromatic N) is 6. The van der Waals surface area contributed by atoms with Gasteiger partial charge in [-0.1, -0.05) is 23.9 Å². The summed E-state index contributed by atoms with van der Waals surface area (Å²) < 4.78 is 16.3. The van der Waals surface area contributed by atoms with Crippen LogP contribution in [0.15, 0.2) is 55.5 Å². The number of benzene rings is 1. The Labute approximate surface area is 165 Å². The van der Waals surface area contributed by atoms with E-state index in [2.05, 4.69) is 37.4 Å². The number of halogens is 1. The van der Waals surface area contributed by atoms with Crippen LogP contribution in [0.25, 0.3) is 22.5 Å². The first-order valence-electron chi connectivity index (χ1n) is 9.27. The molecule has 1 fully saturated rings. The van der Waals surface area contributed by atoms with E-state index < -0.39 is 6.17 Å². The number of nitrogens with one attached hydrogen (secondary N) is 1. The van der Waals surface area contributed by atoms with Crippen LogP contribution in [0.2, 0.25) is 0 Å². The Kier molecular flexibility index (Phi) is 4.17. The molecular formula is C20H18FN7O. The van der Waals surface area contributed by atoms with Gasteiger partial charge in [-0.05, 0) is 24.1 Å². The number of fused-ring (bicyclic) bond motifs is 2. The summed E-state index contributed by atoms with van der Waals surface area (Å²) in [6.45, 7) is 4.03. The van der Waals surface area contributed by atoms with E-state index in [1.165, 1.54) is 10.9 Å². The summed E-state index contributed by atoms with van der Waals surface area (Å²) in [6.07, 6.45) is 8.15. The second-order valence-corrected chi connectivity index (χ2v) is 7.21. The van der Waals surface area contributed by atoms with Gasteiger partial charge in [0.15, 0.2) is 5.82 Å². The minimum Gasteiger partial charge on any atom is -0.507 e. The van der Waals surface area contributed by atoms with Crippen molar-refractivity contribution in [2.75, 3.05) is 0 Å². The summed E-state index contributed by atoms with van der Waals surface area (Å²) in [6, 6.07) is 4.92. The smallest absolute Gasteiger partial charge is 0.177 e. The Hall–Kier alpha value is -3.46. The number of hydrogen-bond acceptors (Lipinski definition) is 7. The summed E-state index contributed by atoms with van der Waals surface area (Å²) in [7, 11) is 0. The van der Waals surface area contributed by atoms with Crippen LogP contribution in [0.3, 0.4) is 0 Å². The van der Waals surface area contributed by atoms with Crippen LogP contribution in [0.1, 0.15) is 12.2 Å². The summed E-state index contributed by atoms with van der Waals surface area (Å²) in [5.74, 6) is -0.0174. The molecule has 0 saturated carbocycles. The van der Waals surface area contributed by atoms with Gasteiger partial charge < -0.3 is 10.4 Å². The van der Waals surface area contributed by atoms with Gasteiger partial charge in [0.05, 0.1) is 30.3 Å². The highest BCUT2D eigenvalue weighted by Gasteiger charge is 2.40. The third-order valence-electron chi connectivity index (χ3n) is 5.43. The second-order valence-electron chi connectivity index (χ2n) is 7.21. The van der Waals surface area contributed by atoms with E-state index in [0.29, 0.717) is 34.8 Å². The molecule has 9 heteroatoms. The Morgan fingerprint density at radius 2 is 2.17 bits per heavy atom. The maximum atomic E-state index is 14.7. The van der Waals surface area contributed by atoms with Crippen LogP contribution >= 0.6 is 0 Å². The molecule has 4 atom stereocenters. The highest BCUT2D eigenvalue weighted by Crippen LogP contribution is 2.36. The van der Waals surface area contributed by atoms with Crippen LogP contribution < -0.4 is 5.32 Å². The Morgan fingerprint density at radius 3 is 2.90 bits per heavy atom. The third-order valence-corrected chi connectivity index (χ3v) is 5.43. The summed E-state index contributed by atoms with van der Waals surface area (Å²) in [4.78, 5) is 4.33. The lowest BCUT2D eigenvalue weighted by Gasteiger charge is -2.33. The maximum absolute atomic E-state index is 14.7. The average Bonchev–Trinajstić information content (AvgIpc) is 3.41. The van der Waals surface area contributed by atoms with Gasteiger partial charge in [-0.3, -0.25) is 0 Å². The first-order chi connectivity index (χ1) is 14.1. The van der Waals surface area contributed by atoms with Crippen molar-refractivity contribution in [1.82, 2.24) is 35.5 Å². The molecule has 2 aromatic heterocycles. The predicted octanol–water partition coefficient (Wildman–Crippen LogP) is 2.09. The Morgan fingerprint density at radius 1 is 1.28 bits per heavy atom. The number of allylic oxidation sites excluding steroid dienone is 1. The molecule has 1 aromatic carbocycles. The van der Waals surface area contributed by atoms with Crippen molar-refractivity contribution >= 4 is 5.57 Å². The van der Waals surface area contributed by atoms with Gasteiger partial charge in [-0.25, -0.2) is 14.1 Å². The van der Waals surface area contributed by atoms with E-state index in [-0.39, 0.29) is 23.8 Å². The fourth-order valence-electron chi connectivity index (χ4n) is 3.88. The fraction of sp³-hybridized carbons (Fsp3) is 0.250. The van der Waals surface area contributed by atoms with Gasteiger partial charge >= 0.3 is 0 Å². The molecule has 29 heavy (non-hydrogen) atoms. The van der Waals surface area contributed by atoms with Crippen molar-refractivity contribution < 1.29 is 9.50 Å². The van der Waals surface area contributed by atoms with Crippen molar-refractivity contribution in [3.05, 3.63) is 61.3 Å². The number of aromatic hydroxyl groups is 1. The maximum Gasteiger partial charge on any atom is 0.177 e. The topological polar surface area (TPSA) is 102 Å². The van der Waals surface area contributed by atoms with E-state index in [4.69, 9.17) is 0 Å². The number of phenolic OH excluding ortho intramolecular Hbond substituents is 1. The quantitative estimate of drug-likeness (QED) is 0.657. The molecule has 5 rings (SSSR count). The normalized spacial score (nSPS) is 25.3. The summed E-state index contributed by atoms with van der Waals surface area (Å²) in [5.41, 5.74) is 2.10. The van der Waals surface area contributed by atoms with Gasteiger partial charge in [0.1, 0.15) is 17.6 Å². The van der Waals surface area contributed by atoms with Crippen LogP contribution in [-0.4, -0.2) is 53.5 Å². The van der Waals surface area contributed by atoms with E-state index in [1.807, 2.05) is 12.2 Å². The molecule has 2 bridgehead atoms. The van der Waals surface area contributed by atoms with Crippen LogP contribution in [-0.2, 0) is 0 Å². The van der Waals surface area contributed by atoms with Crippen LogP contribution in [0.4, 0.5) is 4.39 Å². The van der Waals surface area contributed by atoms with Gasteiger partial charge in [0.2, 0.25) is 0 Å². The number of phenols is 1. The molecular weight excluding hydrogens is 373 g/mol. The molecule has 2 aliphatic heterocycles. The molecule has 2 N–H and O–H groups in total. The molecule has 0 radical (unpaired) electrons. The minimum atomic E-state index is -1.07. The molecule has 8 nitrogen and oxygen atoms in total. The van der Waals surface area contributed by atoms with Crippen molar-refractivity contribution in [2.45, 2.75) is 24.7 Å².